The Balaban J connectivity index is 0.000000336. The average Bonchev–Trinajstić information content (AvgIpc) is 2.84. The molecule has 0 aliphatic heterocycles. The quantitative estimate of drug-likeness (QED) is 0.252. The number of esters is 1. The second-order valence-corrected chi connectivity index (χ2v) is 9.09. The first-order chi connectivity index (χ1) is 15.7. The minimum absolute atomic E-state index is 0.0820. The Labute approximate surface area is 203 Å². The van der Waals surface area contributed by atoms with Gasteiger partial charge in [0.1, 0.15) is 5.25 Å². The van der Waals surface area contributed by atoms with Crippen molar-refractivity contribution < 1.29 is 9.53 Å². The van der Waals surface area contributed by atoms with Crippen molar-refractivity contribution in [3.8, 4) is 0 Å². The van der Waals surface area contributed by atoms with Crippen LogP contribution in [-0.2, 0) is 28.8 Å². The summed E-state index contributed by atoms with van der Waals surface area (Å²) in [7, 11) is 0. The largest absolute Gasteiger partial charge is 0.465 e. The molecule has 4 heteroatoms. The van der Waals surface area contributed by atoms with Crippen molar-refractivity contribution in [1.82, 2.24) is 0 Å². The van der Waals surface area contributed by atoms with Crippen molar-refractivity contribution in [2.24, 2.45) is 0 Å². The zero-order valence-electron chi connectivity index (χ0n) is 18.9. The van der Waals surface area contributed by atoms with Crippen LogP contribution in [0.4, 0.5) is 0 Å². The van der Waals surface area contributed by atoms with Crippen LogP contribution < -0.4 is 0 Å². The van der Waals surface area contributed by atoms with Crippen molar-refractivity contribution in [3.05, 3.63) is 108 Å². The zero-order valence-corrected chi connectivity index (χ0v) is 20.6. The molecule has 0 aromatic heterocycles. The number of rotatable bonds is 11. The number of ether oxygens (including phenoxy) is 1. The highest BCUT2D eigenvalue weighted by atomic mass is 32.2. The van der Waals surface area contributed by atoms with Crippen LogP contribution >= 0.6 is 24.4 Å². The Morgan fingerprint density at radius 3 is 1.72 bits per heavy atom. The molecule has 0 fully saturated rings. The highest BCUT2D eigenvalue weighted by Crippen LogP contribution is 2.20. The van der Waals surface area contributed by atoms with Gasteiger partial charge in [0.15, 0.2) is 0 Å². The van der Waals surface area contributed by atoms with Gasteiger partial charge in [-0.1, -0.05) is 91.0 Å². The molecule has 2 nitrogen and oxygen atoms in total. The van der Waals surface area contributed by atoms with Crippen LogP contribution in [0.2, 0.25) is 0 Å². The molecule has 0 aliphatic carbocycles. The van der Waals surface area contributed by atoms with Gasteiger partial charge in [0.05, 0.1) is 6.61 Å². The fourth-order valence-corrected chi connectivity index (χ4v) is 4.57. The summed E-state index contributed by atoms with van der Waals surface area (Å²) in [6, 6.07) is 31.1. The van der Waals surface area contributed by atoms with Crippen molar-refractivity contribution >= 4 is 30.4 Å². The van der Waals surface area contributed by atoms with Crippen LogP contribution in [0.25, 0.3) is 0 Å². The predicted molar refractivity (Wildman–Crippen MR) is 142 cm³/mol. The lowest BCUT2D eigenvalue weighted by atomic mass is 10.1. The molecule has 0 N–H and O–H groups in total. The Kier molecular flexibility index (Phi) is 13.4. The van der Waals surface area contributed by atoms with E-state index in [1.807, 2.05) is 37.3 Å². The number of hydrogen-bond acceptors (Lipinski definition) is 4. The van der Waals surface area contributed by atoms with Crippen molar-refractivity contribution in [1.29, 1.82) is 0 Å². The van der Waals surface area contributed by atoms with E-state index in [2.05, 4.69) is 73.3 Å². The Bertz CT molecular complexity index is 854. The third-order valence-corrected chi connectivity index (χ3v) is 6.38. The minimum Gasteiger partial charge on any atom is -0.465 e. The van der Waals surface area contributed by atoms with Crippen LogP contribution in [0.5, 0.6) is 0 Å². The predicted octanol–water partition coefficient (Wildman–Crippen LogP) is 6.69. The van der Waals surface area contributed by atoms with E-state index < -0.39 is 0 Å². The topological polar surface area (TPSA) is 26.3 Å². The smallest absolute Gasteiger partial charge is 0.319 e. The first-order valence-corrected chi connectivity index (χ1v) is 12.9. The lowest BCUT2D eigenvalue weighted by Crippen LogP contribution is -2.22. The minimum atomic E-state index is -0.0844. The standard InChI is InChI=1S/C20H24O2S.C8H10S/c1-2-22-20(21)19(14-13-17-9-5-3-6-10-17)23-16-15-18-11-7-4-8-12-18;9-7-6-8-4-2-1-3-5-8/h3-12,19H,2,13-16H2,1H3;1-5,9H,6-7H2. The van der Waals surface area contributed by atoms with Crippen LogP contribution in [-0.4, -0.2) is 29.3 Å². The SMILES string of the molecule is CCOC(=O)C(CCc1ccccc1)SCCc1ccccc1.SCCc1ccccc1. The van der Waals surface area contributed by atoms with Gasteiger partial charge in [0.25, 0.3) is 0 Å². The molecule has 1 unspecified atom stereocenters. The second-order valence-electron chi connectivity index (χ2n) is 7.33. The molecule has 0 amide bonds. The first kappa shape index (κ1) is 26.1. The molecule has 0 saturated heterocycles. The van der Waals surface area contributed by atoms with Gasteiger partial charge < -0.3 is 4.74 Å². The van der Waals surface area contributed by atoms with Crippen LogP contribution in [0.1, 0.15) is 30.0 Å². The Morgan fingerprint density at radius 1 is 0.781 bits per heavy atom. The maximum Gasteiger partial charge on any atom is 0.319 e. The molecule has 0 bridgehead atoms. The summed E-state index contributed by atoms with van der Waals surface area (Å²) in [6.45, 7) is 2.31. The molecule has 0 saturated carbocycles. The Morgan fingerprint density at radius 2 is 1.25 bits per heavy atom. The van der Waals surface area contributed by atoms with E-state index in [9.17, 15) is 4.79 Å². The van der Waals surface area contributed by atoms with E-state index in [4.69, 9.17) is 4.74 Å². The molecule has 0 aliphatic rings. The van der Waals surface area contributed by atoms with E-state index in [0.717, 1.165) is 37.2 Å². The third kappa shape index (κ3) is 10.9. The van der Waals surface area contributed by atoms with Crippen LogP contribution in [0, 0.1) is 0 Å². The number of carbonyl (C=O) groups excluding carboxylic acids is 1. The van der Waals surface area contributed by atoms with E-state index >= 15 is 0 Å². The summed E-state index contributed by atoms with van der Waals surface area (Å²) < 4.78 is 5.24. The molecule has 0 heterocycles. The number of aryl methyl sites for hydroxylation is 3. The van der Waals surface area contributed by atoms with E-state index in [-0.39, 0.29) is 11.2 Å². The van der Waals surface area contributed by atoms with E-state index in [1.165, 1.54) is 16.7 Å². The fraction of sp³-hybridized carbons (Fsp3) is 0.321. The first-order valence-electron chi connectivity index (χ1n) is 11.2. The Hall–Kier alpha value is -2.17. The van der Waals surface area contributed by atoms with Crippen LogP contribution in [0.15, 0.2) is 91.0 Å². The number of carbonyl (C=O) groups is 1. The van der Waals surface area contributed by atoms with Crippen molar-refractivity contribution in [2.45, 2.75) is 37.9 Å². The molecule has 3 rings (SSSR count). The lowest BCUT2D eigenvalue weighted by Gasteiger charge is -2.15. The summed E-state index contributed by atoms with van der Waals surface area (Å²) >= 11 is 5.84. The summed E-state index contributed by atoms with van der Waals surface area (Å²) in [5.74, 6) is 1.79. The number of benzene rings is 3. The number of hydrogen-bond donors (Lipinski definition) is 1. The summed E-state index contributed by atoms with van der Waals surface area (Å²) in [6.07, 6.45) is 3.78. The van der Waals surface area contributed by atoms with Gasteiger partial charge >= 0.3 is 5.97 Å². The van der Waals surface area contributed by atoms with Crippen molar-refractivity contribution in [2.75, 3.05) is 18.1 Å². The second kappa shape index (κ2) is 16.5. The molecule has 0 spiro atoms. The van der Waals surface area contributed by atoms with Gasteiger partial charge in [-0.15, -0.1) is 11.8 Å². The molecular weight excluding hydrogens is 432 g/mol. The monoisotopic (exact) mass is 466 g/mol. The average molecular weight is 467 g/mol. The normalized spacial score (nSPS) is 11.2. The molecule has 32 heavy (non-hydrogen) atoms. The number of thiol groups is 1. The van der Waals surface area contributed by atoms with Gasteiger partial charge in [-0.05, 0) is 60.8 Å². The van der Waals surface area contributed by atoms with Gasteiger partial charge in [0.2, 0.25) is 0 Å². The lowest BCUT2D eigenvalue weighted by molar-refractivity contribution is -0.142. The molecule has 0 radical (unpaired) electrons. The molecule has 170 valence electrons. The summed E-state index contributed by atoms with van der Waals surface area (Å²) in [4.78, 5) is 12.2. The molecular formula is C28H34O2S2. The van der Waals surface area contributed by atoms with E-state index in [0.29, 0.717) is 6.61 Å². The van der Waals surface area contributed by atoms with Gasteiger partial charge in [-0.2, -0.15) is 12.6 Å². The highest BCUT2D eigenvalue weighted by Gasteiger charge is 2.20. The summed E-state index contributed by atoms with van der Waals surface area (Å²) in [5.41, 5.74) is 3.95. The van der Waals surface area contributed by atoms with E-state index in [1.54, 1.807) is 11.8 Å². The maximum atomic E-state index is 12.2. The maximum absolute atomic E-state index is 12.2. The summed E-state index contributed by atoms with van der Waals surface area (Å²) in [5, 5.41) is -0.0844. The molecule has 3 aromatic rings. The van der Waals surface area contributed by atoms with Crippen LogP contribution in [0.3, 0.4) is 0 Å². The zero-order chi connectivity index (χ0) is 22.9. The van der Waals surface area contributed by atoms with Gasteiger partial charge in [-0.3, -0.25) is 4.79 Å². The highest BCUT2D eigenvalue weighted by molar-refractivity contribution is 8.00. The van der Waals surface area contributed by atoms with Gasteiger partial charge in [-0.25, -0.2) is 0 Å². The number of thioether (sulfide) groups is 1. The van der Waals surface area contributed by atoms with Crippen molar-refractivity contribution in [3.63, 3.8) is 0 Å². The van der Waals surface area contributed by atoms with Gasteiger partial charge in [0, 0.05) is 0 Å². The molecule has 3 aromatic carbocycles. The third-order valence-electron chi connectivity index (χ3n) is 4.88. The fourth-order valence-electron chi connectivity index (χ4n) is 3.18. The molecule has 1 atom stereocenters.